The summed E-state index contributed by atoms with van der Waals surface area (Å²) in [6.45, 7) is 5.13. The summed E-state index contributed by atoms with van der Waals surface area (Å²) >= 11 is 7.41. The number of hydrogen-bond donors (Lipinski definition) is 2. The molecule has 2 N–H and O–H groups in total. The normalized spacial score (nSPS) is 12.0. The number of nitrogens with one attached hydrogen (secondary N) is 2. The van der Waals surface area contributed by atoms with Crippen LogP contribution in [0.2, 0.25) is 4.34 Å². The number of carbonyl (C=O) groups excluding carboxylic acids is 1. The molecule has 0 fully saturated rings. The Balaban J connectivity index is 2.16. The van der Waals surface area contributed by atoms with Gasteiger partial charge in [-0.05, 0) is 26.0 Å². The number of nitrogens with zero attached hydrogens (tertiary/aromatic N) is 3. The van der Waals surface area contributed by atoms with Crippen LogP contribution in [0.15, 0.2) is 12.1 Å². The number of aryl methyl sites for hydroxylation is 1. The lowest BCUT2D eigenvalue weighted by Gasteiger charge is -2.13. The summed E-state index contributed by atoms with van der Waals surface area (Å²) in [7, 11) is 0. The van der Waals surface area contributed by atoms with Crippen LogP contribution in [0.1, 0.15) is 30.6 Å². The molecular weight excluding hydrogens is 298 g/mol. The molecule has 106 valence electrons. The second-order valence-corrected chi connectivity index (χ2v) is 5.97. The van der Waals surface area contributed by atoms with Crippen LogP contribution in [0.5, 0.6) is 0 Å². The fourth-order valence-corrected chi connectivity index (χ4v) is 2.65. The highest BCUT2D eigenvalue weighted by atomic mass is 35.5. The SMILES string of the molecule is CC(=O)Nc1nc(C)nc(NC(C)c2ccc(Cl)s2)n1. The van der Waals surface area contributed by atoms with Gasteiger partial charge in [-0.2, -0.15) is 15.0 Å². The van der Waals surface area contributed by atoms with E-state index in [0.717, 1.165) is 9.21 Å². The van der Waals surface area contributed by atoms with Crippen LogP contribution in [0.25, 0.3) is 0 Å². The second kappa shape index (κ2) is 6.15. The number of halogens is 1. The Bertz CT molecular complexity index is 630. The van der Waals surface area contributed by atoms with Gasteiger partial charge in [0.25, 0.3) is 0 Å². The van der Waals surface area contributed by atoms with E-state index in [-0.39, 0.29) is 17.9 Å². The van der Waals surface area contributed by atoms with Crippen molar-refractivity contribution in [2.45, 2.75) is 26.8 Å². The van der Waals surface area contributed by atoms with Crippen LogP contribution in [0.4, 0.5) is 11.9 Å². The molecule has 2 aromatic heterocycles. The number of carbonyl (C=O) groups is 1. The number of hydrogen-bond acceptors (Lipinski definition) is 6. The van der Waals surface area contributed by atoms with Gasteiger partial charge in [-0.1, -0.05) is 11.6 Å². The number of rotatable bonds is 4. The lowest BCUT2D eigenvalue weighted by atomic mass is 10.3. The smallest absolute Gasteiger partial charge is 0.234 e. The third kappa shape index (κ3) is 3.88. The Morgan fingerprint density at radius 1 is 1.30 bits per heavy atom. The van der Waals surface area contributed by atoms with Crippen molar-refractivity contribution < 1.29 is 4.79 Å². The van der Waals surface area contributed by atoms with Crippen molar-refractivity contribution in [1.29, 1.82) is 0 Å². The van der Waals surface area contributed by atoms with Gasteiger partial charge in [-0.25, -0.2) is 0 Å². The van der Waals surface area contributed by atoms with Crippen molar-refractivity contribution in [3.63, 3.8) is 0 Å². The maximum absolute atomic E-state index is 11.0. The highest BCUT2D eigenvalue weighted by molar-refractivity contribution is 7.16. The summed E-state index contributed by atoms with van der Waals surface area (Å²) < 4.78 is 0.736. The first kappa shape index (κ1) is 14.7. The molecule has 0 radical (unpaired) electrons. The zero-order chi connectivity index (χ0) is 14.7. The molecule has 1 amide bonds. The molecule has 2 rings (SSSR count). The van der Waals surface area contributed by atoms with Crippen LogP contribution in [0.3, 0.4) is 0 Å². The van der Waals surface area contributed by atoms with Gasteiger partial charge >= 0.3 is 0 Å². The van der Waals surface area contributed by atoms with Gasteiger partial charge in [-0.15, -0.1) is 11.3 Å². The number of thiophene rings is 1. The van der Waals surface area contributed by atoms with E-state index in [9.17, 15) is 4.79 Å². The zero-order valence-electron chi connectivity index (χ0n) is 11.3. The first-order chi connectivity index (χ1) is 9.44. The van der Waals surface area contributed by atoms with Crippen molar-refractivity contribution in [3.05, 3.63) is 27.2 Å². The minimum Gasteiger partial charge on any atom is -0.347 e. The molecule has 6 nitrogen and oxygen atoms in total. The summed E-state index contributed by atoms with van der Waals surface area (Å²) in [5.74, 6) is 0.962. The molecule has 1 unspecified atom stereocenters. The molecule has 0 aliphatic heterocycles. The minimum absolute atomic E-state index is 0.0134. The van der Waals surface area contributed by atoms with Crippen molar-refractivity contribution in [3.8, 4) is 0 Å². The summed E-state index contributed by atoms with van der Waals surface area (Å²) in [5, 5.41) is 5.71. The standard InChI is InChI=1S/C12H14ClN5OS/c1-6(9-4-5-10(13)20-9)14-11-15-7(2)16-12(18-11)17-8(3)19/h4-6H,1-3H3,(H2,14,15,16,17,18,19). The van der Waals surface area contributed by atoms with E-state index in [1.54, 1.807) is 6.92 Å². The van der Waals surface area contributed by atoms with E-state index >= 15 is 0 Å². The van der Waals surface area contributed by atoms with E-state index in [2.05, 4.69) is 25.6 Å². The third-order valence-corrected chi connectivity index (χ3v) is 3.82. The van der Waals surface area contributed by atoms with E-state index in [0.29, 0.717) is 11.8 Å². The van der Waals surface area contributed by atoms with Gasteiger partial charge in [0.15, 0.2) is 0 Å². The summed E-state index contributed by atoms with van der Waals surface area (Å²) in [5.41, 5.74) is 0. The van der Waals surface area contributed by atoms with Crippen LogP contribution >= 0.6 is 22.9 Å². The maximum atomic E-state index is 11.0. The third-order valence-electron chi connectivity index (χ3n) is 2.40. The van der Waals surface area contributed by atoms with Crippen molar-refractivity contribution in [2.24, 2.45) is 0 Å². The predicted molar refractivity (Wildman–Crippen MR) is 80.2 cm³/mol. The topological polar surface area (TPSA) is 79.8 Å². The summed E-state index contributed by atoms with van der Waals surface area (Å²) in [6, 6.07) is 3.81. The zero-order valence-corrected chi connectivity index (χ0v) is 12.8. The molecule has 20 heavy (non-hydrogen) atoms. The average molecular weight is 312 g/mol. The monoisotopic (exact) mass is 311 g/mol. The highest BCUT2D eigenvalue weighted by Crippen LogP contribution is 2.28. The second-order valence-electron chi connectivity index (χ2n) is 4.22. The van der Waals surface area contributed by atoms with Crippen molar-refractivity contribution >= 4 is 40.7 Å². The molecule has 0 saturated heterocycles. The van der Waals surface area contributed by atoms with E-state index in [4.69, 9.17) is 11.6 Å². The van der Waals surface area contributed by atoms with Crippen molar-refractivity contribution in [2.75, 3.05) is 10.6 Å². The average Bonchev–Trinajstić information content (AvgIpc) is 2.74. The van der Waals surface area contributed by atoms with Gasteiger partial charge in [0.05, 0.1) is 10.4 Å². The molecule has 0 aliphatic carbocycles. The van der Waals surface area contributed by atoms with E-state index in [1.807, 2.05) is 19.1 Å². The van der Waals surface area contributed by atoms with Gasteiger partial charge in [0.1, 0.15) is 5.82 Å². The van der Waals surface area contributed by atoms with Crippen LogP contribution < -0.4 is 10.6 Å². The lowest BCUT2D eigenvalue weighted by Crippen LogP contribution is -2.14. The van der Waals surface area contributed by atoms with E-state index in [1.165, 1.54) is 18.3 Å². The Kier molecular flexibility index (Phi) is 4.51. The largest absolute Gasteiger partial charge is 0.347 e. The molecule has 0 bridgehead atoms. The van der Waals surface area contributed by atoms with Gasteiger partial charge < -0.3 is 5.32 Å². The molecule has 0 aliphatic rings. The fraction of sp³-hybridized carbons (Fsp3) is 0.333. The molecule has 0 saturated carbocycles. The van der Waals surface area contributed by atoms with Gasteiger partial charge in [-0.3, -0.25) is 10.1 Å². The number of anilines is 2. The fourth-order valence-electron chi connectivity index (χ4n) is 1.59. The van der Waals surface area contributed by atoms with Crippen LogP contribution in [-0.4, -0.2) is 20.9 Å². The first-order valence-corrected chi connectivity index (χ1v) is 7.15. The molecule has 2 aromatic rings. The first-order valence-electron chi connectivity index (χ1n) is 5.96. The molecule has 2 heterocycles. The molecule has 1 atom stereocenters. The predicted octanol–water partition coefficient (Wildman–Crippen LogP) is 3.03. The molecule has 0 aromatic carbocycles. The van der Waals surface area contributed by atoms with Crippen molar-refractivity contribution in [1.82, 2.24) is 15.0 Å². The minimum atomic E-state index is -0.223. The molecule has 0 spiro atoms. The number of amides is 1. The van der Waals surface area contributed by atoms with Gasteiger partial charge in [0, 0.05) is 11.8 Å². The maximum Gasteiger partial charge on any atom is 0.234 e. The van der Waals surface area contributed by atoms with E-state index < -0.39 is 0 Å². The Morgan fingerprint density at radius 3 is 2.60 bits per heavy atom. The summed E-state index contributed by atoms with van der Waals surface area (Å²) in [4.78, 5) is 24.5. The molecular formula is C12H14ClN5OS. The Morgan fingerprint density at radius 2 is 2.00 bits per heavy atom. The summed E-state index contributed by atoms with van der Waals surface area (Å²) in [6.07, 6.45) is 0. The number of aromatic nitrogens is 3. The molecule has 8 heteroatoms. The Hall–Kier alpha value is -1.73. The van der Waals surface area contributed by atoms with Crippen LogP contribution in [-0.2, 0) is 4.79 Å². The van der Waals surface area contributed by atoms with Gasteiger partial charge in [0.2, 0.25) is 17.8 Å². The highest BCUT2D eigenvalue weighted by Gasteiger charge is 2.11. The Labute approximate surface area is 125 Å². The van der Waals surface area contributed by atoms with Crippen LogP contribution in [0, 0.1) is 6.92 Å². The lowest BCUT2D eigenvalue weighted by molar-refractivity contribution is -0.114. The quantitative estimate of drug-likeness (QED) is 0.907.